The van der Waals surface area contributed by atoms with Gasteiger partial charge in [-0.05, 0) is 18.1 Å². The van der Waals surface area contributed by atoms with E-state index >= 15 is 0 Å². The van der Waals surface area contributed by atoms with Crippen LogP contribution in [0.15, 0.2) is 30.5 Å². The van der Waals surface area contributed by atoms with Crippen molar-refractivity contribution in [1.29, 1.82) is 0 Å². The summed E-state index contributed by atoms with van der Waals surface area (Å²) in [4.78, 5) is 12.3. The maximum absolute atomic E-state index is 11.6. The van der Waals surface area contributed by atoms with Gasteiger partial charge >= 0.3 is 0 Å². The fourth-order valence-electron chi connectivity index (χ4n) is 1.93. The summed E-state index contributed by atoms with van der Waals surface area (Å²) in [6, 6.07) is 6.74. The van der Waals surface area contributed by atoms with Crippen LogP contribution in [0.25, 0.3) is 0 Å². The molecule has 2 rings (SSSR count). The highest BCUT2D eigenvalue weighted by molar-refractivity contribution is 5.95. The number of aryl methyl sites for hydroxylation is 1. The highest BCUT2D eigenvalue weighted by Gasteiger charge is 2.14. The molecule has 0 atom stereocenters. The third-order valence-electron chi connectivity index (χ3n) is 2.92. The van der Waals surface area contributed by atoms with Crippen molar-refractivity contribution in [2.24, 2.45) is 0 Å². The monoisotopic (exact) mass is 277 g/mol. The van der Waals surface area contributed by atoms with Crippen molar-refractivity contribution in [3.8, 4) is 5.88 Å². The summed E-state index contributed by atoms with van der Waals surface area (Å²) in [5.41, 5.74) is 3.58. The number of carbonyl (C=O) groups excluding carboxylic acids is 1. The molecule has 0 spiro atoms. The predicted molar refractivity (Wildman–Crippen MR) is 68.8 cm³/mol. The first-order valence-electron chi connectivity index (χ1n) is 6.08. The summed E-state index contributed by atoms with van der Waals surface area (Å²) in [7, 11) is 0. The van der Waals surface area contributed by atoms with Crippen molar-refractivity contribution in [1.82, 2.24) is 15.4 Å². The van der Waals surface area contributed by atoms with Gasteiger partial charge in [0.05, 0.1) is 6.20 Å². The number of benzene rings is 1. The quantitative estimate of drug-likeness (QED) is 0.436. The number of carbonyl (C=O) groups is 1. The van der Waals surface area contributed by atoms with E-state index in [9.17, 15) is 4.79 Å². The van der Waals surface area contributed by atoms with Crippen LogP contribution in [0.1, 0.15) is 28.4 Å². The first-order chi connectivity index (χ1) is 9.65. The summed E-state index contributed by atoms with van der Waals surface area (Å²) in [5.74, 6) is -0.347. The first kappa shape index (κ1) is 13.9. The topological polar surface area (TPSA) is 96.6 Å². The van der Waals surface area contributed by atoms with Crippen LogP contribution in [0, 0.1) is 0 Å². The fraction of sp³-hybridized carbons (Fsp3) is 0.231. The van der Waals surface area contributed by atoms with Crippen LogP contribution in [-0.2, 0) is 13.0 Å². The van der Waals surface area contributed by atoms with E-state index in [4.69, 9.17) is 15.2 Å². The Bertz CT molecular complexity index is 609. The highest BCUT2D eigenvalue weighted by atomic mass is 16.5. The smallest absolute Gasteiger partial charge is 0.275 e. The van der Waals surface area contributed by atoms with Gasteiger partial charge in [-0.1, -0.05) is 24.2 Å². The summed E-state index contributed by atoms with van der Waals surface area (Å²) >= 11 is 0. The lowest BCUT2D eigenvalue weighted by atomic mass is 9.99. The number of hydroxylamine groups is 1. The maximum atomic E-state index is 11.6. The van der Waals surface area contributed by atoms with Gasteiger partial charge in [-0.15, -0.1) is 4.85 Å². The lowest BCUT2D eigenvalue weighted by Gasteiger charge is -2.12. The minimum absolute atomic E-state index is 0.115. The Kier molecular flexibility index (Phi) is 4.21. The van der Waals surface area contributed by atoms with E-state index < -0.39 is 5.91 Å². The number of hydrogen-bond acceptors (Lipinski definition) is 5. The number of nitrogens with one attached hydrogen (secondary N) is 1. The van der Waals surface area contributed by atoms with Gasteiger partial charge in [0, 0.05) is 17.2 Å². The predicted octanol–water partition coefficient (Wildman–Crippen LogP) is 1.38. The first-order valence-corrected chi connectivity index (χ1v) is 6.08. The SMILES string of the molecule is CCc1cccc(C(=O)NO)c1COc1ccn(O)n1. The Balaban J connectivity index is 2.26. The van der Waals surface area contributed by atoms with Crippen LogP contribution in [0.4, 0.5) is 0 Å². The van der Waals surface area contributed by atoms with Crippen LogP contribution in [0.5, 0.6) is 5.88 Å². The Labute approximate surface area is 115 Å². The molecule has 20 heavy (non-hydrogen) atoms. The molecular formula is C13H15N3O4. The summed E-state index contributed by atoms with van der Waals surface area (Å²) in [6.45, 7) is 2.08. The Morgan fingerprint density at radius 1 is 1.45 bits per heavy atom. The van der Waals surface area contributed by atoms with Gasteiger partial charge in [0.25, 0.3) is 5.91 Å². The molecule has 0 unspecified atom stereocenters. The number of amides is 1. The van der Waals surface area contributed by atoms with E-state index in [0.29, 0.717) is 16.0 Å². The lowest BCUT2D eigenvalue weighted by molar-refractivity contribution is 0.0703. The van der Waals surface area contributed by atoms with Gasteiger partial charge in [-0.2, -0.15) is 0 Å². The molecule has 1 aromatic carbocycles. The number of rotatable bonds is 5. The summed E-state index contributed by atoms with van der Waals surface area (Å²) in [6.07, 6.45) is 2.06. The van der Waals surface area contributed by atoms with Crippen LogP contribution in [0.2, 0.25) is 0 Å². The van der Waals surface area contributed by atoms with Crippen molar-refractivity contribution in [3.63, 3.8) is 0 Å². The third-order valence-corrected chi connectivity index (χ3v) is 2.92. The van der Waals surface area contributed by atoms with Crippen LogP contribution in [-0.4, -0.2) is 26.3 Å². The zero-order valence-corrected chi connectivity index (χ0v) is 10.9. The lowest BCUT2D eigenvalue weighted by Crippen LogP contribution is -2.21. The zero-order valence-electron chi connectivity index (χ0n) is 10.9. The van der Waals surface area contributed by atoms with Gasteiger partial charge in [0.1, 0.15) is 6.61 Å². The van der Waals surface area contributed by atoms with Gasteiger partial charge in [0.2, 0.25) is 5.88 Å². The highest BCUT2D eigenvalue weighted by Crippen LogP contribution is 2.18. The maximum Gasteiger partial charge on any atom is 0.275 e. The molecule has 1 heterocycles. The zero-order chi connectivity index (χ0) is 14.5. The largest absolute Gasteiger partial charge is 0.472 e. The molecule has 0 fully saturated rings. The van der Waals surface area contributed by atoms with E-state index in [2.05, 4.69) is 5.10 Å². The van der Waals surface area contributed by atoms with Crippen LogP contribution >= 0.6 is 0 Å². The molecular weight excluding hydrogens is 262 g/mol. The molecule has 0 aliphatic rings. The van der Waals surface area contributed by atoms with Gasteiger partial charge in [0.15, 0.2) is 0 Å². The average molecular weight is 277 g/mol. The second-order valence-electron chi connectivity index (χ2n) is 4.10. The molecule has 0 saturated heterocycles. The molecule has 0 aliphatic heterocycles. The number of hydrogen-bond donors (Lipinski definition) is 3. The molecule has 0 radical (unpaired) electrons. The molecule has 0 aliphatic carbocycles. The van der Waals surface area contributed by atoms with E-state index in [-0.39, 0.29) is 12.5 Å². The van der Waals surface area contributed by atoms with E-state index in [0.717, 1.165) is 12.0 Å². The van der Waals surface area contributed by atoms with Crippen molar-refractivity contribution in [3.05, 3.63) is 47.2 Å². The van der Waals surface area contributed by atoms with E-state index in [1.54, 1.807) is 17.6 Å². The minimum atomic E-state index is -0.591. The Hall–Kier alpha value is -2.54. The van der Waals surface area contributed by atoms with Crippen LogP contribution < -0.4 is 10.2 Å². The third kappa shape index (κ3) is 2.89. The van der Waals surface area contributed by atoms with Crippen molar-refractivity contribution < 1.29 is 19.9 Å². The molecule has 1 aromatic heterocycles. The summed E-state index contributed by atoms with van der Waals surface area (Å²) in [5, 5.41) is 21.5. The number of nitrogens with zero attached hydrogens (tertiary/aromatic N) is 2. The molecule has 0 bridgehead atoms. The van der Waals surface area contributed by atoms with E-state index in [1.165, 1.54) is 12.3 Å². The average Bonchev–Trinajstić information content (AvgIpc) is 2.89. The standard InChI is InChI=1S/C13H15N3O4/c1-2-9-4-3-5-10(13(17)15-18)11(9)8-20-12-6-7-16(19)14-12/h3-7,18-19H,2,8H2,1H3,(H,15,17). The second-order valence-corrected chi connectivity index (χ2v) is 4.10. The van der Waals surface area contributed by atoms with Crippen molar-refractivity contribution >= 4 is 5.91 Å². The molecule has 1 amide bonds. The van der Waals surface area contributed by atoms with Crippen LogP contribution in [0.3, 0.4) is 0 Å². The minimum Gasteiger partial charge on any atom is -0.472 e. The number of ether oxygens (including phenoxy) is 1. The normalized spacial score (nSPS) is 10.3. The summed E-state index contributed by atoms with van der Waals surface area (Å²) < 4.78 is 5.44. The molecule has 7 heteroatoms. The van der Waals surface area contributed by atoms with Gasteiger partial charge < -0.3 is 9.94 Å². The van der Waals surface area contributed by atoms with E-state index in [1.807, 2.05) is 13.0 Å². The second kappa shape index (κ2) is 6.07. The Morgan fingerprint density at radius 3 is 2.85 bits per heavy atom. The molecule has 7 nitrogen and oxygen atoms in total. The molecule has 106 valence electrons. The molecule has 3 N–H and O–H groups in total. The molecule has 0 saturated carbocycles. The van der Waals surface area contributed by atoms with Crippen molar-refractivity contribution in [2.45, 2.75) is 20.0 Å². The number of aromatic nitrogens is 2. The molecule has 2 aromatic rings. The van der Waals surface area contributed by atoms with Gasteiger partial charge in [-0.25, -0.2) is 5.48 Å². The Morgan fingerprint density at radius 2 is 2.25 bits per heavy atom. The van der Waals surface area contributed by atoms with Crippen molar-refractivity contribution in [2.75, 3.05) is 0 Å². The van der Waals surface area contributed by atoms with Gasteiger partial charge in [-0.3, -0.25) is 10.0 Å². The fourth-order valence-corrected chi connectivity index (χ4v) is 1.93.